The van der Waals surface area contributed by atoms with Gasteiger partial charge >= 0.3 is 18.3 Å². The Labute approximate surface area is 104 Å². The zero-order valence-corrected chi connectivity index (χ0v) is 10.0. The summed E-state index contributed by atoms with van der Waals surface area (Å²) in [5.74, 6) is -1.14. The van der Waals surface area contributed by atoms with Gasteiger partial charge in [0.15, 0.2) is 0 Å². The van der Waals surface area contributed by atoms with Gasteiger partial charge in [-0.2, -0.15) is 26.3 Å². The molecule has 1 atom stereocenters. The molecule has 1 N–H and O–H groups in total. The van der Waals surface area contributed by atoms with Gasteiger partial charge in [-0.1, -0.05) is 6.58 Å². The van der Waals surface area contributed by atoms with Gasteiger partial charge in [0, 0.05) is 12.0 Å². The molecule has 0 aliphatic carbocycles. The van der Waals surface area contributed by atoms with Crippen LogP contribution in [-0.4, -0.2) is 35.1 Å². The van der Waals surface area contributed by atoms with Crippen molar-refractivity contribution in [2.45, 2.75) is 44.3 Å². The van der Waals surface area contributed by atoms with Crippen LogP contribution < -0.4 is 0 Å². The van der Waals surface area contributed by atoms with Gasteiger partial charge < -0.3 is 9.84 Å². The summed E-state index contributed by atoms with van der Waals surface area (Å²) in [5, 5.41) is 8.84. The van der Waals surface area contributed by atoms with Crippen molar-refractivity contribution in [1.82, 2.24) is 0 Å². The molecule has 0 amide bonds. The molecule has 0 saturated carbocycles. The highest BCUT2D eigenvalue weighted by Crippen LogP contribution is 2.46. The van der Waals surface area contributed by atoms with Gasteiger partial charge in [0.2, 0.25) is 0 Å². The number of carbonyl (C=O) groups is 1. The quantitative estimate of drug-likeness (QED) is 0.492. The average molecular weight is 294 g/mol. The van der Waals surface area contributed by atoms with Crippen molar-refractivity contribution in [2.24, 2.45) is 0 Å². The SMILES string of the molecule is C=C(C)C(=O)O[C@H](C)CC(O)(C(F)(F)F)C(F)(F)F. The maximum atomic E-state index is 12.3. The normalized spacial score (nSPS) is 15.0. The first-order valence-corrected chi connectivity index (χ1v) is 4.94. The lowest BCUT2D eigenvalue weighted by Gasteiger charge is -2.33. The number of carbonyl (C=O) groups excluding carboxylic acids is 1. The van der Waals surface area contributed by atoms with Crippen LogP contribution in [0.15, 0.2) is 12.2 Å². The average Bonchev–Trinajstić information content (AvgIpc) is 2.13. The molecule has 0 aliphatic rings. The molecule has 0 bridgehead atoms. The number of hydrogen-bond acceptors (Lipinski definition) is 3. The van der Waals surface area contributed by atoms with E-state index in [9.17, 15) is 31.1 Å². The Kier molecular flexibility index (Phi) is 5.04. The number of esters is 1. The largest absolute Gasteiger partial charge is 0.459 e. The first kappa shape index (κ1) is 17.8. The van der Waals surface area contributed by atoms with Crippen LogP contribution in [0.2, 0.25) is 0 Å². The second-order valence-electron chi connectivity index (χ2n) is 4.06. The second-order valence-corrected chi connectivity index (χ2v) is 4.06. The molecule has 0 radical (unpaired) electrons. The van der Waals surface area contributed by atoms with Gasteiger partial charge in [0.05, 0.1) is 0 Å². The Bertz CT molecular complexity index is 343. The smallest absolute Gasteiger partial charge is 0.426 e. The lowest BCUT2D eigenvalue weighted by Crippen LogP contribution is -2.58. The second kappa shape index (κ2) is 5.40. The van der Waals surface area contributed by atoms with Gasteiger partial charge in [0.1, 0.15) is 6.10 Å². The van der Waals surface area contributed by atoms with Gasteiger partial charge in [-0.25, -0.2) is 4.79 Å². The molecule has 19 heavy (non-hydrogen) atoms. The highest BCUT2D eigenvalue weighted by atomic mass is 19.4. The van der Waals surface area contributed by atoms with Crippen molar-refractivity contribution >= 4 is 5.97 Å². The van der Waals surface area contributed by atoms with Crippen molar-refractivity contribution in [3.05, 3.63) is 12.2 Å². The van der Waals surface area contributed by atoms with Crippen LogP contribution in [0.3, 0.4) is 0 Å². The highest BCUT2D eigenvalue weighted by Gasteiger charge is 2.70. The molecule has 0 unspecified atom stereocenters. The Morgan fingerprint density at radius 1 is 1.21 bits per heavy atom. The molecule has 0 rings (SSSR count). The lowest BCUT2D eigenvalue weighted by molar-refractivity contribution is -0.373. The van der Waals surface area contributed by atoms with Crippen LogP contribution in [0, 0.1) is 0 Å². The third-order valence-electron chi connectivity index (χ3n) is 2.18. The highest BCUT2D eigenvalue weighted by molar-refractivity contribution is 5.87. The summed E-state index contributed by atoms with van der Waals surface area (Å²) in [5.41, 5.74) is -5.12. The Morgan fingerprint density at radius 3 is 1.84 bits per heavy atom. The molecular formula is C10H12F6O3. The minimum absolute atomic E-state index is 0.186. The van der Waals surface area contributed by atoms with Crippen molar-refractivity contribution in [3.63, 3.8) is 0 Å². The molecule has 0 aliphatic heterocycles. The van der Waals surface area contributed by atoms with Crippen molar-refractivity contribution < 1.29 is 41.0 Å². The molecule has 0 aromatic heterocycles. The van der Waals surface area contributed by atoms with Gasteiger partial charge in [-0.15, -0.1) is 0 Å². The number of ether oxygens (including phenoxy) is 1. The first-order chi connectivity index (χ1) is 8.22. The number of rotatable bonds is 4. The van der Waals surface area contributed by atoms with Crippen LogP contribution in [0.5, 0.6) is 0 Å². The van der Waals surface area contributed by atoms with E-state index in [0.717, 1.165) is 6.92 Å². The summed E-state index contributed by atoms with van der Waals surface area (Å²) in [6.45, 7) is 5.10. The number of aliphatic hydroxyl groups is 1. The van der Waals surface area contributed by atoms with Crippen LogP contribution in [-0.2, 0) is 9.53 Å². The van der Waals surface area contributed by atoms with Gasteiger partial charge in [-0.05, 0) is 13.8 Å². The molecule has 0 aromatic carbocycles. The Hall–Kier alpha value is -1.25. The minimum Gasteiger partial charge on any atom is -0.459 e. The van der Waals surface area contributed by atoms with Gasteiger partial charge in [-0.3, -0.25) is 0 Å². The van der Waals surface area contributed by atoms with E-state index < -0.39 is 36.4 Å². The summed E-state index contributed by atoms with van der Waals surface area (Å²) in [6, 6.07) is 0. The molecule has 0 saturated heterocycles. The van der Waals surface area contributed by atoms with Crippen molar-refractivity contribution in [2.75, 3.05) is 0 Å². The van der Waals surface area contributed by atoms with E-state index in [1.807, 2.05) is 0 Å². The Morgan fingerprint density at radius 2 is 1.58 bits per heavy atom. The maximum Gasteiger partial charge on any atom is 0.426 e. The Balaban J connectivity index is 5.07. The minimum atomic E-state index is -5.94. The summed E-state index contributed by atoms with van der Waals surface area (Å²) >= 11 is 0. The monoisotopic (exact) mass is 294 g/mol. The van der Waals surface area contributed by atoms with E-state index in [0.29, 0.717) is 0 Å². The van der Waals surface area contributed by atoms with E-state index in [1.54, 1.807) is 0 Å². The third-order valence-corrected chi connectivity index (χ3v) is 2.18. The van der Waals surface area contributed by atoms with Crippen LogP contribution in [0.1, 0.15) is 20.3 Å². The fourth-order valence-electron chi connectivity index (χ4n) is 1.13. The molecular weight excluding hydrogens is 282 g/mol. The van der Waals surface area contributed by atoms with Crippen LogP contribution >= 0.6 is 0 Å². The van der Waals surface area contributed by atoms with Crippen LogP contribution in [0.4, 0.5) is 26.3 Å². The maximum absolute atomic E-state index is 12.3. The molecule has 112 valence electrons. The van der Waals surface area contributed by atoms with E-state index in [2.05, 4.69) is 11.3 Å². The predicted molar refractivity (Wildman–Crippen MR) is 52.0 cm³/mol. The number of halogens is 6. The molecule has 3 nitrogen and oxygen atoms in total. The standard InChI is InChI=1S/C10H12F6O3/c1-5(2)7(17)19-6(3)4-8(18,9(11,12)13)10(14,15)16/h6,18H,1,4H2,2-3H3/t6-/m1/s1. The van der Waals surface area contributed by atoms with Crippen LogP contribution in [0.25, 0.3) is 0 Å². The topological polar surface area (TPSA) is 46.5 Å². The van der Waals surface area contributed by atoms with E-state index in [-0.39, 0.29) is 5.57 Å². The molecule has 0 fully saturated rings. The fourth-order valence-corrected chi connectivity index (χ4v) is 1.13. The van der Waals surface area contributed by atoms with E-state index in [1.165, 1.54) is 6.92 Å². The molecule has 0 spiro atoms. The predicted octanol–water partition coefficient (Wildman–Crippen LogP) is 2.74. The summed E-state index contributed by atoms with van der Waals surface area (Å²) in [6.07, 6.45) is -15.5. The van der Waals surface area contributed by atoms with Gasteiger partial charge in [0.25, 0.3) is 5.60 Å². The number of alkyl halides is 6. The lowest BCUT2D eigenvalue weighted by atomic mass is 9.95. The molecule has 9 heteroatoms. The van der Waals surface area contributed by atoms with Crippen molar-refractivity contribution in [1.29, 1.82) is 0 Å². The third kappa shape index (κ3) is 4.12. The summed E-state index contributed by atoms with van der Waals surface area (Å²) in [4.78, 5) is 11.0. The van der Waals surface area contributed by atoms with E-state index in [4.69, 9.17) is 5.11 Å². The summed E-state index contributed by atoms with van der Waals surface area (Å²) < 4.78 is 78.3. The number of hydrogen-bond donors (Lipinski definition) is 1. The summed E-state index contributed by atoms with van der Waals surface area (Å²) in [7, 11) is 0. The first-order valence-electron chi connectivity index (χ1n) is 4.94. The molecule has 0 heterocycles. The van der Waals surface area contributed by atoms with Crippen molar-refractivity contribution in [3.8, 4) is 0 Å². The van der Waals surface area contributed by atoms with E-state index >= 15 is 0 Å². The fraction of sp³-hybridized carbons (Fsp3) is 0.700. The molecule has 0 aromatic rings. The zero-order chi connectivity index (χ0) is 15.6. The zero-order valence-electron chi connectivity index (χ0n) is 10.0.